The number of amidine groups is 1. The normalized spacial score (nSPS) is 15.1. The van der Waals surface area contributed by atoms with Crippen molar-refractivity contribution >= 4 is 11.5 Å². The smallest absolute Gasteiger partial charge is 0.177 e. The summed E-state index contributed by atoms with van der Waals surface area (Å²) >= 11 is 0. The van der Waals surface area contributed by atoms with Crippen LogP contribution >= 0.6 is 0 Å². The van der Waals surface area contributed by atoms with Gasteiger partial charge in [0.25, 0.3) is 0 Å². The molecule has 0 spiro atoms. The van der Waals surface area contributed by atoms with Crippen molar-refractivity contribution in [1.82, 2.24) is 10.7 Å². The minimum Gasteiger partial charge on any atom is -0.236 e. The first kappa shape index (κ1) is 12.7. The molecule has 102 valence electrons. The lowest BCUT2D eigenvalue weighted by molar-refractivity contribution is 0.222. The minimum atomic E-state index is 0.898. The molecular weight excluding hydrogens is 248 g/mol. The Hall–Kier alpha value is -2.33. The van der Waals surface area contributed by atoms with E-state index in [1.54, 1.807) is 0 Å². The van der Waals surface area contributed by atoms with E-state index in [4.69, 9.17) is 0 Å². The van der Waals surface area contributed by atoms with Crippen LogP contribution in [0.2, 0.25) is 0 Å². The summed E-state index contributed by atoms with van der Waals surface area (Å²) in [6, 6.07) is 20.5. The van der Waals surface area contributed by atoms with Crippen molar-refractivity contribution in [3.05, 3.63) is 66.2 Å². The summed E-state index contributed by atoms with van der Waals surface area (Å²) in [6.07, 6.45) is 1.05. The van der Waals surface area contributed by atoms with Crippen molar-refractivity contribution in [2.45, 2.75) is 13.3 Å². The number of nitrogens with zero attached hydrogens (tertiary/aromatic N) is 3. The monoisotopic (exact) mass is 266 g/mol. The maximum Gasteiger partial charge on any atom is 0.177 e. The molecule has 0 fully saturated rings. The number of hydrogen-bond donors (Lipinski definition) is 1. The fraction of sp³-hybridized carbons (Fsp3) is 0.188. The first-order valence-corrected chi connectivity index (χ1v) is 6.91. The topological polar surface area (TPSA) is 30.9 Å². The third-order valence-electron chi connectivity index (χ3n) is 3.18. The molecule has 4 heteroatoms. The highest BCUT2D eigenvalue weighted by molar-refractivity contribution is 6.09. The fourth-order valence-electron chi connectivity index (χ4n) is 2.28. The quantitative estimate of drug-likeness (QED) is 0.923. The Balaban J connectivity index is 1.97. The van der Waals surface area contributed by atoms with E-state index in [2.05, 4.69) is 46.8 Å². The highest BCUT2D eigenvalue weighted by atomic mass is 15.9. The molecule has 0 saturated carbocycles. The van der Waals surface area contributed by atoms with Gasteiger partial charge in [0, 0.05) is 12.1 Å². The van der Waals surface area contributed by atoms with Gasteiger partial charge in [0.15, 0.2) is 5.84 Å². The second-order valence-electron chi connectivity index (χ2n) is 4.67. The molecule has 0 unspecified atom stereocenters. The van der Waals surface area contributed by atoms with Crippen LogP contribution in [0.1, 0.15) is 18.9 Å². The Morgan fingerprint density at radius 3 is 2.25 bits per heavy atom. The van der Waals surface area contributed by atoms with Gasteiger partial charge < -0.3 is 0 Å². The second kappa shape index (κ2) is 5.75. The van der Waals surface area contributed by atoms with E-state index in [0.29, 0.717) is 0 Å². The Morgan fingerprint density at radius 2 is 1.60 bits per heavy atom. The van der Waals surface area contributed by atoms with Gasteiger partial charge in [0.1, 0.15) is 0 Å². The molecule has 2 aromatic rings. The number of hydrazone groups is 1. The average Bonchev–Trinajstić information content (AvgIpc) is 2.93. The number of hydrogen-bond acceptors (Lipinski definition) is 4. The van der Waals surface area contributed by atoms with Crippen molar-refractivity contribution in [1.29, 1.82) is 0 Å². The van der Waals surface area contributed by atoms with E-state index in [-0.39, 0.29) is 0 Å². The molecule has 3 rings (SSSR count). The number of para-hydroxylation sites is 1. The molecular formula is C16H18N4. The molecule has 0 aromatic heterocycles. The predicted octanol–water partition coefficient (Wildman–Crippen LogP) is 3.00. The molecule has 1 N–H and O–H groups in total. The van der Waals surface area contributed by atoms with Crippen molar-refractivity contribution < 1.29 is 0 Å². The maximum atomic E-state index is 4.48. The van der Waals surface area contributed by atoms with Crippen LogP contribution in [-0.4, -0.2) is 17.5 Å². The first-order valence-electron chi connectivity index (χ1n) is 6.91. The van der Waals surface area contributed by atoms with Gasteiger partial charge in [-0.15, -0.1) is 10.2 Å². The largest absolute Gasteiger partial charge is 0.236 e. The van der Waals surface area contributed by atoms with Crippen LogP contribution in [0.3, 0.4) is 0 Å². The van der Waals surface area contributed by atoms with Gasteiger partial charge in [-0.2, -0.15) is 0 Å². The van der Waals surface area contributed by atoms with Gasteiger partial charge in [-0.25, -0.2) is 10.5 Å². The number of benzene rings is 2. The molecule has 0 bridgehead atoms. The molecule has 0 amide bonds. The van der Waals surface area contributed by atoms with Gasteiger partial charge in [-0.1, -0.05) is 55.5 Å². The van der Waals surface area contributed by atoms with Crippen molar-refractivity contribution in [3.8, 4) is 0 Å². The van der Waals surface area contributed by atoms with Crippen molar-refractivity contribution in [2.24, 2.45) is 5.10 Å². The summed E-state index contributed by atoms with van der Waals surface area (Å²) in [5.41, 5.74) is 5.31. The molecule has 2 aromatic carbocycles. The molecule has 1 heterocycles. The highest BCUT2D eigenvalue weighted by Crippen LogP contribution is 2.22. The number of anilines is 1. The van der Waals surface area contributed by atoms with E-state index >= 15 is 0 Å². The van der Waals surface area contributed by atoms with E-state index in [0.717, 1.165) is 30.1 Å². The zero-order valence-corrected chi connectivity index (χ0v) is 11.5. The van der Waals surface area contributed by atoms with E-state index < -0.39 is 0 Å². The number of rotatable bonds is 4. The Kier molecular flexibility index (Phi) is 3.65. The lowest BCUT2D eigenvalue weighted by Crippen LogP contribution is -2.46. The Bertz CT molecular complexity index is 580. The molecule has 1 aliphatic rings. The summed E-state index contributed by atoms with van der Waals surface area (Å²) in [4.78, 5) is 0. The van der Waals surface area contributed by atoms with E-state index in [1.807, 2.05) is 41.5 Å². The van der Waals surface area contributed by atoms with Gasteiger partial charge in [0.05, 0.1) is 5.69 Å². The number of nitrogens with one attached hydrogen (secondary N) is 1. The first-order chi connectivity index (χ1) is 9.90. The molecule has 4 nitrogen and oxygen atoms in total. The summed E-state index contributed by atoms with van der Waals surface area (Å²) in [7, 11) is 0. The fourth-order valence-corrected chi connectivity index (χ4v) is 2.28. The van der Waals surface area contributed by atoms with Gasteiger partial charge in [-0.3, -0.25) is 0 Å². The number of hydrazine groups is 2. The average molecular weight is 266 g/mol. The molecule has 0 aliphatic carbocycles. The summed E-state index contributed by atoms with van der Waals surface area (Å²) in [6.45, 7) is 3.06. The predicted molar refractivity (Wildman–Crippen MR) is 82.0 cm³/mol. The van der Waals surface area contributed by atoms with Crippen molar-refractivity contribution in [3.63, 3.8) is 0 Å². The molecule has 0 saturated heterocycles. The van der Waals surface area contributed by atoms with Crippen LogP contribution in [0.5, 0.6) is 0 Å². The molecule has 20 heavy (non-hydrogen) atoms. The third-order valence-corrected chi connectivity index (χ3v) is 3.18. The van der Waals surface area contributed by atoms with Gasteiger partial charge >= 0.3 is 0 Å². The standard InChI is InChI=1S/C16H18N4/c1-2-13-19-18-17-16(14-9-5-3-6-10-14)20(19)15-11-7-4-8-12-15/h3-12,18H,2,13H2,1H3. The van der Waals surface area contributed by atoms with Crippen LogP contribution in [0, 0.1) is 0 Å². The van der Waals surface area contributed by atoms with Crippen LogP contribution in [0.25, 0.3) is 0 Å². The lowest BCUT2D eigenvalue weighted by atomic mass is 10.2. The summed E-state index contributed by atoms with van der Waals surface area (Å²) in [5, 5.41) is 8.65. The zero-order chi connectivity index (χ0) is 13.8. The highest BCUT2D eigenvalue weighted by Gasteiger charge is 2.27. The van der Waals surface area contributed by atoms with Crippen molar-refractivity contribution in [2.75, 3.05) is 11.6 Å². The van der Waals surface area contributed by atoms with Crippen LogP contribution < -0.4 is 10.5 Å². The van der Waals surface area contributed by atoms with E-state index in [1.165, 1.54) is 0 Å². The Labute approximate surface area is 119 Å². The van der Waals surface area contributed by atoms with Crippen LogP contribution in [0.4, 0.5) is 5.69 Å². The zero-order valence-electron chi connectivity index (χ0n) is 11.5. The minimum absolute atomic E-state index is 0.898. The lowest BCUT2D eigenvalue weighted by Gasteiger charge is -2.29. The Morgan fingerprint density at radius 1 is 0.950 bits per heavy atom. The maximum absolute atomic E-state index is 4.48. The third kappa shape index (κ3) is 2.38. The summed E-state index contributed by atoms with van der Waals surface area (Å²) < 4.78 is 0. The van der Waals surface area contributed by atoms with Gasteiger partial charge in [0.2, 0.25) is 0 Å². The SMILES string of the molecule is CCCN1NN=C(c2ccccc2)N1c1ccccc1. The van der Waals surface area contributed by atoms with Crippen LogP contribution in [0.15, 0.2) is 65.8 Å². The molecule has 1 aliphatic heterocycles. The molecule has 0 atom stereocenters. The van der Waals surface area contributed by atoms with Crippen LogP contribution in [-0.2, 0) is 0 Å². The van der Waals surface area contributed by atoms with E-state index in [9.17, 15) is 0 Å². The van der Waals surface area contributed by atoms with Gasteiger partial charge in [-0.05, 0) is 18.6 Å². The summed E-state index contributed by atoms with van der Waals surface area (Å²) in [5.74, 6) is 0.922. The second-order valence-corrected chi connectivity index (χ2v) is 4.67. The molecule has 0 radical (unpaired) electrons.